The van der Waals surface area contributed by atoms with Gasteiger partial charge in [-0.3, -0.25) is 4.79 Å². The van der Waals surface area contributed by atoms with Gasteiger partial charge < -0.3 is 0 Å². The van der Waals surface area contributed by atoms with Gasteiger partial charge >= 0.3 is 0 Å². The predicted molar refractivity (Wildman–Crippen MR) is 50.8 cm³/mol. The second-order valence-corrected chi connectivity index (χ2v) is 3.13. The smallest absolute Gasteiger partial charge is 0.264 e. The lowest BCUT2D eigenvalue weighted by molar-refractivity contribution is 0.0999. The van der Waals surface area contributed by atoms with Gasteiger partial charge in [-0.15, -0.1) is 0 Å². The number of alkyl halides is 2. The maximum atomic E-state index is 12.6. The third-order valence-corrected chi connectivity index (χ3v) is 2.14. The highest BCUT2D eigenvalue weighted by Crippen LogP contribution is 2.24. The predicted octanol–water partition coefficient (Wildman–Crippen LogP) is 3.39. The Hall–Kier alpha value is -1.25. The Morgan fingerprint density at radius 2 is 2.07 bits per heavy atom. The number of hydrogen-bond donors (Lipinski definition) is 0. The molecule has 0 atom stereocenters. The van der Waals surface area contributed by atoms with E-state index in [2.05, 4.69) is 0 Å². The molecule has 0 aliphatic heterocycles. The van der Waals surface area contributed by atoms with Crippen LogP contribution in [0.25, 0.3) is 0 Å². The average molecular weight is 198 g/mol. The first-order valence-corrected chi connectivity index (χ1v) is 4.48. The maximum absolute atomic E-state index is 12.6. The summed E-state index contributed by atoms with van der Waals surface area (Å²) >= 11 is 0. The van der Waals surface area contributed by atoms with Crippen molar-refractivity contribution in [2.75, 3.05) is 0 Å². The fourth-order valence-electron chi connectivity index (χ4n) is 1.33. The zero-order valence-corrected chi connectivity index (χ0v) is 8.18. The normalized spacial score (nSPS) is 10.6. The molecule has 0 aliphatic carbocycles. The molecule has 0 saturated heterocycles. The molecule has 0 bridgehead atoms. The minimum Gasteiger partial charge on any atom is -0.294 e. The van der Waals surface area contributed by atoms with Gasteiger partial charge in [0, 0.05) is 11.1 Å². The monoisotopic (exact) mass is 198 g/mol. The van der Waals surface area contributed by atoms with Crippen LogP contribution in [-0.2, 0) is 6.42 Å². The SMILES string of the molecule is CCc1ccc(C(C)=O)c(C(F)F)c1. The van der Waals surface area contributed by atoms with Crippen LogP contribution in [0.1, 0.15) is 41.8 Å². The number of rotatable bonds is 3. The molecule has 1 aromatic rings. The number of Topliss-reactive ketones (excluding diaryl/α,β-unsaturated/α-hetero) is 1. The molecule has 1 aromatic carbocycles. The van der Waals surface area contributed by atoms with E-state index >= 15 is 0 Å². The topological polar surface area (TPSA) is 17.1 Å². The lowest BCUT2D eigenvalue weighted by Crippen LogP contribution is -2.01. The Labute approximate surface area is 81.7 Å². The van der Waals surface area contributed by atoms with Crippen molar-refractivity contribution in [2.45, 2.75) is 26.7 Å². The lowest BCUT2D eigenvalue weighted by atomic mass is 10.0. The quantitative estimate of drug-likeness (QED) is 0.680. The maximum Gasteiger partial charge on any atom is 0.264 e. The number of ketones is 1. The summed E-state index contributed by atoms with van der Waals surface area (Å²) in [5.74, 6) is -0.317. The second kappa shape index (κ2) is 4.31. The van der Waals surface area contributed by atoms with Crippen molar-refractivity contribution in [2.24, 2.45) is 0 Å². The molecule has 0 spiro atoms. The summed E-state index contributed by atoms with van der Waals surface area (Å²) in [6, 6.07) is 4.59. The molecule has 0 aliphatic rings. The Kier molecular flexibility index (Phi) is 3.33. The first kappa shape index (κ1) is 10.8. The number of halogens is 2. The highest BCUT2D eigenvalue weighted by atomic mass is 19.3. The van der Waals surface area contributed by atoms with Crippen molar-refractivity contribution in [3.8, 4) is 0 Å². The summed E-state index contributed by atoms with van der Waals surface area (Å²) in [5, 5.41) is 0. The molecule has 0 aromatic heterocycles. The Bertz CT molecular complexity index is 345. The van der Waals surface area contributed by atoms with E-state index in [1.165, 1.54) is 19.1 Å². The average Bonchev–Trinajstić information content (AvgIpc) is 2.16. The lowest BCUT2D eigenvalue weighted by Gasteiger charge is -2.07. The van der Waals surface area contributed by atoms with E-state index in [1.807, 2.05) is 6.92 Å². The fraction of sp³-hybridized carbons (Fsp3) is 0.364. The molecule has 0 N–H and O–H groups in total. The van der Waals surface area contributed by atoms with Crippen LogP contribution in [-0.4, -0.2) is 5.78 Å². The van der Waals surface area contributed by atoms with Crippen molar-refractivity contribution in [3.63, 3.8) is 0 Å². The molecular weight excluding hydrogens is 186 g/mol. The van der Waals surface area contributed by atoms with Crippen molar-refractivity contribution in [1.82, 2.24) is 0 Å². The van der Waals surface area contributed by atoms with Crippen LogP contribution in [0.2, 0.25) is 0 Å². The van der Waals surface area contributed by atoms with Crippen LogP contribution in [0, 0.1) is 0 Å². The van der Waals surface area contributed by atoms with Crippen LogP contribution in [0.3, 0.4) is 0 Å². The third-order valence-electron chi connectivity index (χ3n) is 2.14. The van der Waals surface area contributed by atoms with Gasteiger partial charge in [0.15, 0.2) is 5.78 Å². The summed E-state index contributed by atoms with van der Waals surface area (Å²) in [6.07, 6.45) is -1.89. The molecule has 0 heterocycles. The Morgan fingerprint density at radius 3 is 2.50 bits per heavy atom. The number of benzene rings is 1. The van der Waals surface area contributed by atoms with Crippen molar-refractivity contribution in [3.05, 3.63) is 34.9 Å². The molecule has 0 unspecified atom stereocenters. The first-order chi connectivity index (χ1) is 6.56. The second-order valence-electron chi connectivity index (χ2n) is 3.13. The highest BCUT2D eigenvalue weighted by molar-refractivity contribution is 5.95. The first-order valence-electron chi connectivity index (χ1n) is 4.48. The van der Waals surface area contributed by atoms with Gasteiger partial charge in [-0.25, -0.2) is 8.78 Å². The summed E-state index contributed by atoms with van der Waals surface area (Å²) in [7, 11) is 0. The molecule has 14 heavy (non-hydrogen) atoms. The van der Waals surface area contributed by atoms with E-state index < -0.39 is 6.43 Å². The molecule has 0 saturated carbocycles. The van der Waals surface area contributed by atoms with Crippen molar-refractivity contribution in [1.29, 1.82) is 0 Å². The van der Waals surface area contributed by atoms with E-state index in [-0.39, 0.29) is 16.9 Å². The number of carbonyl (C=O) groups excluding carboxylic acids is 1. The largest absolute Gasteiger partial charge is 0.294 e. The Balaban J connectivity index is 3.24. The summed E-state index contributed by atoms with van der Waals surface area (Å²) in [4.78, 5) is 11.0. The van der Waals surface area contributed by atoms with Gasteiger partial charge in [0.25, 0.3) is 6.43 Å². The minimum atomic E-state index is -2.58. The molecular formula is C11H12F2O. The van der Waals surface area contributed by atoms with E-state index in [9.17, 15) is 13.6 Å². The molecule has 0 radical (unpaired) electrons. The summed E-state index contributed by atoms with van der Waals surface area (Å²) < 4.78 is 25.1. The van der Waals surface area contributed by atoms with Crippen LogP contribution >= 0.6 is 0 Å². The summed E-state index contributed by atoms with van der Waals surface area (Å²) in [6.45, 7) is 3.19. The molecule has 0 fully saturated rings. The minimum absolute atomic E-state index is 0.122. The van der Waals surface area contributed by atoms with Gasteiger partial charge in [-0.1, -0.05) is 19.1 Å². The van der Waals surface area contributed by atoms with Crippen molar-refractivity contribution >= 4 is 5.78 Å². The zero-order chi connectivity index (χ0) is 10.7. The van der Waals surface area contributed by atoms with E-state index in [1.54, 1.807) is 6.07 Å². The zero-order valence-electron chi connectivity index (χ0n) is 8.18. The van der Waals surface area contributed by atoms with E-state index in [4.69, 9.17) is 0 Å². The van der Waals surface area contributed by atoms with Gasteiger partial charge in [0.1, 0.15) is 0 Å². The number of hydrogen-bond acceptors (Lipinski definition) is 1. The van der Waals surface area contributed by atoms with Gasteiger partial charge in [-0.2, -0.15) is 0 Å². The molecule has 3 heteroatoms. The molecule has 0 amide bonds. The Morgan fingerprint density at radius 1 is 1.43 bits per heavy atom. The van der Waals surface area contributed by atoms with Crippen LogP contribution in [0.4, 0.5) is 8.78 Å². The van der Waals surface area contributed by atoms with E-state index in [0.717, 1.165) is 5.56 Å². The number of aryl methyl sites for hydroxylation is 1. The molecule has 1 nitrogen and oxygen atoms in total. The third kappa shape index (κ3) is 2.16. The van der Waals surface area contributed by atoms with Crippen LogP contribution in [0.15, 0.2) is 18.2 Å². The van der Waals surface area contributed by atoms with Crippen molar-refractivity contribution < 1.29 is 13.6 Å². The number of carbonyl (C=O) groups is 1. The highest BCUT2D eigenvalue weighted by Gasteiger charge is 2.15. The van der Waals surface area contributed by atoms with Crippen LogP contribution < -0.4 is 0 Å². The molecule has 76 valence electrons. The van der Waals surface area contributed by atoms with Gasteiger partial charge in [0.05, 0.1) is 0 Å². The van der Waals surface area contributed by atoms with Gasteiger partial charge in [-0.05, 0) is 25.0 Å². The van der Waals surface area contributed by atoms with Gasteiger partial charge in [0.2, 0.25) is 0 Å². The van der Waals surface area contributed by atoms with E-state index in [0.29, 0.717) is 6.42 Å². The standard InChI is InChI=1S/C11H12F2O/c1-3-8-4-5-9(7(2)14)10(6-8)11(12)13/h4-6,11H,3H2,1-2H3. The summed E-state index contributed by atoms with van der Waals surface area (Å²) in [5.41, 5.74) is 0.791. The fourth-order valence-corrected chi connectivity index (χ4v) is 1.33. The molecule has 1 rings (SSSR count). The van der Waals surface area contributed by atoms with Crippen LogP contribution in [0.5, 0.6) is 0 Å².